The summed E-state index contributed by atoms with van der Waals surface area (Å²) in [5, 5.41) is 9.94. The van der Waals surface area contributed by atoms with Crippen LogP contribution in [0.1, 0.15) is 55.5 Å². The SMILES string of the molecule is CCC(CC)(c1cccc(CCC(=O)O)c1)c1cnc(-c2cc(Oc3c(F)cc4[nH]ccc4c3C)ccc2F)[nH]1. The topological polar surface area (TPSA) is 91.0 Å². The molecule has 3 aromatic carbocycles. The van der Waals surface area contributed by atoms with Gasteiger partial charge in [-0.15, -0.1) is 0 Å². The number of hydrogen-bond acceptors (Lipinski definition) is 3. The molecular formula is C32H31F2N3O3. The van der Waals surface area contributed by atoms with Gasteiger partial charge in [0.25, 0.3) is 0 Å². The van der Waals surface area contributed by atoms with Gasteiger partial charge in [-0.3, -0.25) is 4.79 Å². The average Bonchev–Trinajstić information content (AvgIpc) is 3.63. The second kappa shape index (κ2) is 11.0. The highest BCUT2D eigenvalue weighted by molar-refractivity contribution is 5.85. The number of carboxylic acid groups (broad SMARTS) is 1. The number of aryl methyl sites for hydroxylation is 2. The first-order valence-electron chi connectivity index (χ1n) is 13.4. The number of aliphatic carboxylic acids is 1. The molecule has 2 aromatic heterocycles. The van der Waals surface area contributed by atoms with Crippen LogP contribution < -0.4 is 4.74 Å². The number of ether oxygens (including phenoxy) is 1. The van der Waals surface area contributed by atoms with E-state index in [1.807, 2.05) is 30.3 Å². The van der Waals surface area contributed by atoms with Crippen molar-refractivity contribution in [1.29, 1.82) is 0 Å². The third kappa shape index (κ3) is 4.97. The molecular weight excluding hydrogens is 512 g/mol. The number of benzene rings is 3. The van der Waals surface area contributed by atoms with E-state index in [1.165, 1.54) is 24.3 Å². The maximum atomic E-state index is 15.1. The fraction of sp³-hybridized carbons (Fsp3) is 0.250. The first kappa shape index (κ1) is 27.1. The van der Waals surface area contributed by atoms with Gasteiger partial charge in [-0.25, -0.2) is 13.8 Å². The van der Waals surface area contributed by atoms with Crippen LogP contribution in [0.25, 0.3) is 22.3 Å². The zero-order valence-corrected chi connectivity index (χ0v) is 22.6. The van der Waals surface area contributed by atoms with Gasteiger partial charge in [0, 0.05) is 52.5 Å². The Labute approximate surface area is 231 Å². The predicted molar refractivity (Wildman–Crippen MR) is 151 cm³/mol. The smallest absolute Gasteiger partial charge is 0.303 e. The van der Waals surface area contributed by atoms with Crippen molar-refractivity contribution >= 4 is 16.9 Å². The Bertz CT molecular complexity index is 1680. The number of imidazole rings is 1. The molecule has 5 aromatic rings. The highest BCUT2D eigenvalue weighted by Crippen LogP contribution is 2.40. The zero-order valence-electron chi connectivity index (χ0n) is 22.6. The molecule has 0 aliphatic heterocycles. The molecule has 0 fully saturated rings. The molecule has 0 spiro atoms. The highest BCUT2D eigenvalue weighted by atomic mass is 19.1. The Balaban J connectivity index is 1.49. The van der Waals surface area contributed by atoms with Crippen LogP contribution in [-0.4, -0.2) is 26.0 Å². The van der Waals surface area contributed by atoms with E-state index in [9.17, 15) is 9.18 Å². The molecule has 0 unspecified atom stereocenters. The summed E-state index contributed by atoms with van der Waals surface area (Å²) in [6.07, 6.45) is 5.46. The van der Waals surface area contributed by atoms with Gasteiger partial charge in [0.2, 0.25) is 0 Å². The normalized spacial score (nSPS) is 11.7. The standard InChI is InChI=1S/C32H31F2N3O3/c1-4-32(5-2,21-8-6-7-20(15-21)9-12-29(38)39)28-18-36-31(37-28)24-16-22(10-11-25(24)33)40-30-19(3)23-13-14-35-27(23)17-26(30)34/h6-8,10-11,13-18,35H,4-5,9,12H2,1-3H3,(H,36,37)(H,38,39). The first-order chi connectivity index (χ1) is 19.3. The van der Waals surface area contributed by atoms with Crippen molar-refractivity contribution in [3.05, 3.63) is 101 Å². The lowest BCUT2D eigenvalue weighted by molar-refractivity contribution is -0.136. The van der Waals surface area contributed by atoms with Gasteiger partial charge in [0.15, 0.2) is 11.6 Å². The third-order valence-corrected chi connectivity index (χ3v) is 7.83. The second-order valence-corrected chi connectivity index (χ2v) is 10.0. The number of hydrogen-bond donors (Lipinski definition) is 3. The molecule has 5 rings (SSSR count). The van der Waals surface area contributed by atoms with Crippen molar-refractivity contribution < 1.29 is 23.4 Å². The molecule has 0 saturated carbocycles. The minimum Gasteiger partial charge on any atom is -0.481 e. The van der Waals surface area contributed by atoms with Crippen LogP contribution in [0.15, 0.2) is 67.0 Å². The maximum absolute atomic E-state index is 15.1. The fourth-order valence-electron chi connectivity index (χ4n) is 5.49. The molecule has 8 heteroatoms. The molecule has 2 heterocycles. The Morgan fingerprint density at radius 2 is 1.85 bits per heavy atom. The Hall–Kier alpha value is -4.46. The van der Waals surface area contributed by atoms with Crippen molar-refractivity contribution in [3.8, 4) is 22.9 Å². The lowest BCUT2D eigenvalue weighted by atomic mass is 9.73. The van der Waals surface area contributed by atoms with Crippen molar-refractivity contribution in [1.82, 2.24) is 15.0 Å². The van der Waals surface area contributed by atoms with Crippen LogP contribution >= 0.6 is 0 Å². The van der Waals surface area contributed by atoms with Crippen LogP contribution in [0.3, 0.4) is 0 Å². The maximum Gasteiger partial charge on any atom is 0.303 e. The van der Waals surface area contributed by atoms with E-state index in [-0.39, 0.29) is 23.5 Å². The lowest BCUT2D eigenvalue weighted by Crippen LogP contribution is -2.26. The summed E-state index contributed by atoms with van der Waals surface area (Å²) < 4.78 is 35.9. The van der Waals surface area contributed by atoms with E-state index >= 15 is 4.39 Å². The van der Waals surface area contributed by atoms with Gasteiger partial charge in [0.05, 0.1) is 5.56 Å². The summed E-state index contributed by atoms with van der Waals surface area (Å²) in [6, 6.07) is 15.5. The van der Waals surface area contributed by atoms with E-state index in [2.05, 4.69) is 28.8 Å². The van der Waals surface area contributed by atoms with Crippen LogP contribution in [0.2, 0.25) is 0 Å². The van der Waals surface area contributed by atoms with Crippen LogP contribution in [0.5, 0.6) is 11.5 Å². The number of halogens is 2. The van der Waals surface area contributed by atoms with Crippen LogP contribution in [-0.2, 0) is 16.6 Å². The molecule has 206 valence electrons. The van der Waals surface area contributed by atoms with E-state index in [1.54, 1.807) is 19.3 Å². The van der Waals surface area contributed by atoms with E-state index in [0.717, 1.165) is 35.0 Å². The number of H-pyrrole nitrogens is 2. The molecule has 0 atom stereocenters. The Kier molecular flexibility index (Phi) is 7.43. The van der Waals surface area contributed by atoms with Gasteiger partial charge < -0.3 is 19.8 Å². The first-order valence-corrected chi connectivity index (χ1v) is 13.4. The molecule has 0 aliphatic rings. The summed E-state index contributed by atoms with van der Waals surface area (Å²) in [7, 11) is 0. The highest BCUT2D eigenvalue weighted by Gasteiger charge is 2.33. The van der Waals surface area contributed by atoms with Gasteiger partial charge in [-0.1, -0.05) is 38.1 Å². The second-order valence-electron chi connectivity index (χ2n) is 10.0. The monoisotopic (exact) mass is 543 g/mol. The van der Waals surface area contributed by atoms with Gasteiger partial charge in [-0.05, 0) is 61.6 Å². The summed E-state index contributed by atoms with van der Waals surface area (Å²) in [4.78, 5) is 21.9. The summed E-state index contributed by atoms with van der Waals surface area (Å²) in [5.74, 6) is -1.12. The van der Waals surface area contributed by atoms with Gasteiger partial charge in [-0.2, -0.15) is 0 Å². The van der Waals surface area contributed by atoms with Crippen LogP contribution in [0.4, 0.5) is 8.78 Å². The number of fused-ring (bicyclic) bond motifs is 1. The van der Waals surface area contributed by atoms with Gasteiger partial charge >= 0.3 is 5.97 Å². The fourth-order valence-corrected chi connectivity index (χ4v) is 5.49. The quantitative estimate of drug-likeness (QED) is 0.166. The molecule has 3 N–H and O–H groups in total. The minimum atomic E-state index is -0.836. The summed E-state index contributed by atoms with van der Waals surface area (Å²) >= 11 is 0. The number of carboxylic acids is 1. The van der Waals surface area contributed by atoms with Crippen molar-refractivity contribution in [2.75, 3.05) is 0 Å². The molecule has 0 aliphatic carbocycles. The average molecular weight is 544 g/mol. The summed E-state index contributed by atoms with van der Waals surface area (Å²) in [5.41, 5.74) is 3.91. The van der Waals surface area contributed by atoms with E-state index in [0.29, 0.717) is 23.3 Å². The molecule has 0 bridgehead atoms. The molecule has 0 radical (unpaired) electrons. The Morgan fingerprint density at radius 1 is 1.05 bits per heavy atom. The van der Waals surface area contributed by atoms with Gasteiger partial charge in [0.1, 0.15) is 17.4 Å². The number of carbonyl (C=O) groups is 1. The molecule has 40 heavy (non-hydrogen) atoms. The number of rotatable bonds is 10. The largest absolute Gasteiger partial charge is 0.481 e. The van der Waals surface area contributed by atoms with Crippen molar-refractivity contribution in [2.24, 2.45) is 0 Å². The molecule has 6 nitrogen and oxygen atoms in total. The predicted octanol–water partition coefficient (Wildman–Crippen LogP) is 8.06. The zero-order chi connectivity index (χ0) is 28.4. The van der Waals surface area contributed by atoms with Crippen molar-refractivity contribution in [3.63, 3.8) is 0 Å². The molecule has 0 saturated heterocycles. The van der Waals surface area contributed by atoms with E-state index in [4.69, 9.17) is 9.84 Å². The van der Waals surface area contributed by atoms with Crippen LogP contribution in [0, 0.1) is 18.6 Å². The summed E-state index contributed by atoms with van der Waals surface area (Å²) in [6.45, 7) is 5.95. The number of aromatic nitrogens is 3. The van der Waals surface area contributed by atoms with Crippen molar-refractivity contribution in [2.45, 2.75) is 51.9 Å². The molecule has 0 amide bonds. The Morgan fingerprint density at radius 3 is 2.60 bits per heavy atom. The minimum absolute atomic E-state index is 0.0586. The third-order valence-electron chi connectivity index (χ3n) is 7.83. The number of aromatic amines is 2. The lowest BCUT2D eigenvalue weighted by Gasteiger charge is -2.31. The number of nitrogens with zero attached hydrogens (tertiary/aromatic N) is 1. The number of nitrogens with one attached hydrogen (secondary N) is 2. The van der Waals surface area contributed by atoms with E-state index < -0.39 is 23.0 Å².